The van der Waals surface area contributed by atoms with Crippen molar-refractivity contribution in [3.63, 3.8) is 0 Å². The van der Waals surface area contributed by atoms with E-state index in [1.165, 1.54) is 0 Å². The van der Waals surface area contributed by atoms with Gasteiger partial charge in [-0.3, -0.25) is 0 Å². The van der Waals surface area contributed by atoms with Crippen LogP contribution < -0.4 is 4.74 Å². The Bertz CT molecular complexity index is 515. The SMILES string of the molecule is Cc1cc(Cl)cc(C)c1Oc1ccc(Cl)cn1. The van der Waals surface area contributed by atoms with Crippen LogP contribution in [0.3, 0.4) is 0 Å². The van der Waals surface area contributed by atoms with Crippen LogP contribution in [0.25, 0.3) is 0 Å². The molecule has 0 aliphatic carbocycles. The van der Waals surface area contributed by atoms with Crippen LogP contribution in [0, 0.1) is 13.8 Å². The van der Waals surface area contributed by atoms with Gasteiger partial charge in [0.25, 0.3) is 0 Å². The summed E-state index contributed by atoms with van der Waals surface area (Å²) in [6.45, 7) is 3.90. The standard InChI is InChI=1S/C13H11Cl2NO/c1-8-5-11(15)6-9(2)13(8)17-12-4-3-10(14)7-16-12/h3-7H,1-2H3. The summed E-state index contributed by atoms with van der Waals surface area (Å²) >= 11 is 11.7. The van der Waals surface area contributed by atoms with E-state index in [1.54, 1.807) is 18.3 Å². The maximum Gasteiger partial charge on any atom is 0.219 e. The number of benzene rings is 1. The van der Waals surface area contributed by atoms with E-state index in [1.807, 2.05) is 26.0 Å². The summed E-state index contributed by atoms with van der Waals surface area (Å²) in [7, 11) is 0. The van der Waals surface area contributed by atoms with Crippen LogP contribution in [0.1, 0.15) is 11.1 Å². The Hall–Kier alpha value is -1.25. The zero-order chi connectivity index (χ0) is 12.4. The molecule has 2 rings (SSSR count). The number of ether oxygens (including phenoxy) is 1. The molecule has 0 N–H and O–H groups in total. The largest absolute Gasteiger partial charge is 0.438 e. The maximum absolute atomic E-state index is 5.96. The van der Waals surface area contributed by atoms with Crippen molar-refractivity contribution in [1.29, 1.82) is 0 Å². The van der Waals surface area contributed by atoms with Gasteiger partial charge in [-0.2, -0.15) is 0 Å². The topological polar surface area (TPSA) is 22.1 Å². The first-order valence-electron chi connectivity index (χ1n) is 5.12. The molecule has 2 aromatic rings. The van der Waals surface area contributed by atoms with E-state index in [2.05, 4.69) is 4.98 Å². The van der Waals surface area contributed by atoms with Crippen molar-refractivity contribution in [2.75, 3.05) is 0 Å². The molecular weight excluding hydrogens is 257 g/mol. The third-order valence-corrected chi connectivity index (χ3v) is 2.77. The Balaban J connectivity index is 2.33. The van der Waals surface area contributed by atoms with Crippen LogP contribution in [0.5, 0.6) is 11.6 Å². The van der Waals surface area contributed by atoms with Crippen LogP contribution in [0.4, 0.5) is 0 Å². The van der Waals surface area contributed by atoms with Crippen molar-refractivity contribution in [2.45, 2.75) is 13.8 Å². The van der Waals surface area contributed by atoms with Crippen molar-refractivity contribution in [2.24, 2.45) is 0 Å². The van der Waals surface area contributed by atoms with Crippen molar-refractivity contribution in [1.82, 2.24) is 4.98 Å². The van der Waals surface area contributed by atoms with Crippen LogP contribution in [0.2, 0.25) is 10.0 Å². The van der Waals surface area contributed by atoms with Crippen molar-refractivity contribution in [3.8, 4) is 11.6 Å². The van der Waals surface area contributed by atoms with E-state index < -0.39 is 0 Å². The third-order valence-electron chi connectivity index (χ3n) is 2.33. The molecule has 1 aromatic carbocycles. The molecule has 0 atom stereocenters. The van der Waals surface area contributed by atoms with E-state index in [0.29, 0.717) is 15.9 Å². The highest BCUT2D eigenvalue weighted by Gasteiger charge is 2.07. The fourth-order valence-corrected chi connectivity index (χ4v) is 2.02. The minimum atomic E-state index is 0.517. The first-order valence-corrected chi connectivity index (χ1v) is 5.88. The molecule has 0 aliphatic heterocycles. The monoisotopic (exact) mass is 267 g/mol. The summed E-state index contributed by atoms with van der Waals surface area (Å²) in [4.78, 5) is 4.09. The zero-order valence-corrected chi connectivity index (χ0v) is 11.0. The lowest BCUT2D eigenvalue weighted by molar-refractivity contribution is 0.456. The quantitative estimate of drug-likeness (QED) is 0.780. The van der Waals surface area contributed by atoms with Gasteiger partial charge in [0.2, 0.25) is 5.88 Å². The first-order chi connectivity index (χ1) is 8.06. The number of pyridine rings is 1. The fraction of sp³-hybridized carbons (Fsp3) is 0.154. The molecule has 0 aliphatic rings. The lowest BCUT2D eigenvalue weighted by atomic mass is 10.1. The first kappa shape index (κ1) is 12.2. The van der Waals surface area contributed by atoms with Gasteiger partial charge in [-0.1, -0.05) is 23.2 Å². The minimum absolute atomic E-state index is 0.517. The molecule has 0 amide bonds. The van der Waals surface area contributed by atoms with Gasteiger partial charge < -0.3 is 4.74 Å². The molecule has 0 bridgehead atoms. The van der Waals surface area contributed by atoms with E-state index in [4.69, 9.17) is 27.9 Å². The molecule has 0 unspecified atom stereocenters. The van der Waals surface area contributed by atoms with E-state index in [0.717, 1.165) is 16.9 Å². The van der Waals surface area contributed by atoms with Crippen LogP contribution in [-0.4, -0.2) is 4.98 Å². The molecule has 0 saturated carbocycles. The van der Waals surface area contributed by atoms with Gasteiger partial charge in [-0.15, -0.1) is 0 Å². The van der Waals surface area contributed by atoms with E-state index >= 15 is 0 Å². The second-order valence-electron chi connectivity index (χ2n) is 3.79. The second kappa shape index (κ2) is 4.94. The maximum atomic E-state index is 5.96. The van der Waals surface area contributed by atoms with Crippen LogP contribution in [-0.2, 0) is 0 Å². The molecule has 0 saturated heterocycles. The highest BCUT2D eigenvalue weighted by molar-refractivity contribution is 6.30. The van der Waals surface area contributed by atoms with Gasteiger partial charge >= 0.3 is 0 Å². The Kier molecular flexibility index (Phi) is 3.55. The highest BCUT2D eigenvalue weighted by Crippen LogP contribution is 2.30. The summed E-state index contributed by atoms with van der Waals surface area (Å²) in [6.07, 6.45) is 1.55. The Morgan fingerprint density at radius 2 is 1.65 bits per heavy atom. The number of rotatable bonds is 2. The molecule has 17 heavy (non-hydrogen) atoms. The molecule has 4 heteroatoms. The lowest BCUT2D eigenvalue weighted by Crippen LogP contribution is -1.93. The van der Waals surface area contributed by atoms with Crippen molar-refractivity contribution in [3.05, 3.63) is 51.6 Å². The predicted molar refractivity (Wildman–Crippen MR) is 70.2 cm³/mol. The molecule has 0 spiro atoms. The average molecular weight is 268 g/mol. The summed E-state index contributed by atoms with van der Waals surface area (Å²) < 4.78 is 5.72. The number of aromatic nitrogens is 1. The molecule has 88 valence electrons. The van der Waals surface area contributed by atoms with Gasteiger partial charge in [0.15, 0.2) is 0 Å². The van der Waals surface area contributed by atoms with E-state index in [-0.39, 0.29) is 0 Å². The summed E-state index contributed by atoms with van der Waals surface area (Å²) in [5.74, 6) is 1.30. The number of nitrogens with zero attached hydrogens (tertiary/aromatic N) is 1. The van der Waals surface area contributed by atoms with Crippen molar-refractivity contribution < 1.29 is 4.74 Å². The predicted octanol–water partition coefficient (Wildman–Crippen LogP) is 4.80. The number of hydrogen-bond acceptors (Lipinski definition) is 2. The molecule has 1 aromatic heterocycles. The third kappa shape index (κ3) is 2.90. The molecule has 0 fully saturated rings. The summed E-state index contributed by atoms with van der Waals surface area (Å²) in [5.41, 5.74) is 1.96. The molecular formula is C13H11Cl2NO. The molecule has 0 radical (unpaired) electrons. The number of hydrogen-bond donors (Lipinski definition) is 0. The summed E-state index contributed by atoms with van der Waals surface area (Å²) in [5, 5.41) is 1.29. The Morgan fingerprint density at radius 1 is 1.00 bits per heavy atom. The van der Waals surface area contributed by atoms with Gasteiger partial charge in [0.1, 0.15) is 5.75 Å². The van der Waals surface area contributed by atoms with Gasteiger partial charge in [0.05, 0.1) is 5.02 Å². The highest BCUT2D eigenvalue weighted by atomic mass is 35.5. The summed E-state index contributed by atoms with van der Waals surface area (Å²) in [6, 6.07) is 7.19. The van der Waals surface area contributed by atoms with E-state index in [9.17, 15) is 0 Å². The van der Waals surface area contributed by atoms with Gasteiger partial charge in [-0.25, -0.2) is 4.98 Å². The minimum Gasteiger partial charge on any atom is -0.438 e. The Morgan fingerprint density at radius 3 is 2.18 bits per heavy atom. The van der Waals surface area contributed by atoms with Crippen LogP contribution in [0.15, 0.2) is 30.5 Å². The van der Waals surface area contributed by atoms with Crippen LogP contribution >= 0.6 is 23.2 Å². The van der Waals surface area contributed by atoms with Gasteiger partial charge in [-0.05, 0) is 43.2 Å². The number of aryl methyl sites for hydroxylation is 2. The average Bonchev–Trinajstić information content (AvgIpc) is 2.26. The Labute approximate surface area is 110 Å². The van der Waals surface area contributed by atoms with Crippen molar-refractivity contribution >= 4 is 23.2 Å². The normalized spacial score (nSPS) is 10.4. The smallest absolute Gasteiger partial charge is 0.219 e. The number of halogens is 2. The fourth-order valence-electron chi connectivity index (χ4n) is 1.59. The lowest BCUT2D eigenvalue weighted by Gasteiger charge is -2.11. The molecule has 2 nitrogen and oxygen atoms in total. The van der Waals surface area contributed by atoms with Gasteiger partial charge in [0, 0.05) is 17.3 Å². The second-order valence-corrected chi connectivity index (χ2v) is 4.66. The molecule has 1 heterocycles. The zero-order valence-electron chi connectivity index (χ0n) is 9.50.